The molecule has 2 aromatic carbocycles. The highest BCUT2D eigenvalue weighted by Gasteiger charge is 2.20. The second-order valence-electron chi connectivity index (χ2n) is 5.19. The zero-order valence-corrected chi connectivity index (χ0v) is 14.2. The van der Waals surface area contributed by atoms with Crippen LogP contribution in [0.25, 0.3) is 5.69 Å². The van der Waals surface area contributed by atoms with E-state index in [9.17, 15) is 9.18 Å². The van der Waals surface area contributed by atoms with Crippen molar-refractivity contribution in [2.45, 2.75) is 6.92 Å². The first kappa shape index (κ1) is 16.9. The molecule has 6 nitrogen and oxygen atoms in total. The molecule has 1 N–H and O–H groups in total. The van der Waals surface area contributed by atoms with Crippen molar-refractivity contribution >= 4 is 23.2 Å². The Balaban J connectivity index is 1.92. The average molecular weight is 361 g/mol. The van der Waals surface area contributed by atoms with Gasteiger partial charge in [-0.25, -0.2) is 9.07 Å². The molecule has 0 aliphatic rings. The topological polar surface area (TPSA) is 69.0 Å². The summed E-state index contributed by atoms with van der Waals surface area (Å²) in [7, 11) is 1.48. The normalized spacial score (nSPS) is 10.6. The standard InChI is InChI=1S/C17H14ClFN4O2/c1-10-16(21-22-23(10)14-6-4-3-5-12(14)19)17(24)20-13-9-11(18)7-8-15(13)25-2/h3-9H,1-2H3,(H,20,24). The number of ether oxygens (including phenoxy) is 1. The van der Waals surface area contributed by atoms with E-state index in [2.05, 4.69) is 15.6 Å². The maximum atomic E-state index is 13.9. The zero-order valence-electron chi connectivity index (χ0n) is 13.5. The Labute approximate surface area is 148 Å². The third kappa shape index (κ3) is 3.32. The molecule has 1 amide bonds. The lowest BCUT2D eigenvalue weighted by atomic mass is 10.2. The highest BCUT2D eigenvalue weighted by molar-refractivity contribution is 6.31. The van der Waals surface area contributed by atoms with Gasteiger partial charge in [-0.05, 0) is 37.3 Å². The molecule has 1 aromatic heterocycles. The van der Waals surface area contributed by atoms with Crippen LogP contribution in [0, 0.1) is 12.7 Å². The van der Waals surface area contributed by atoms with Crippen LogP contribution in [0.2, 0.25) is 5.02 Å². The number of halogens is 2. The van der Waals surface area contributed by atoms with E-state index >= 15 is 0 Å². The Bertz CT molecular complexity index is 942. The zero-order chi connectivity index (χ0) is 18.0. The number of benzene rings is 2. The van der Waals surface area contributed by atoms with Gasteiger partial charge in [0.15, 0.2) is 5.69 Å². The fraction of sp³-hybridized carbons (Fsp3) is 0.118. The van der Waals surface area contributed by atoms with Gasteiger partial charge in [0, 0.05) is 5.02 Å². The number of hydrogen-bond donors (Lipinski definition) is 1. The van der Waals surface area contributed by atoms with Gasteiger partial charge in [0.05, 0.1) is 18.5 Å². The molecule has 3 aromatic rings. The highest BCUT2D eigenvalue weighted by Crippen LogP contribution is 2.28. The fourth-order valence-corrected chi connectivity index (χ4v) is 2.52. The highest BCUT2D eigenvalue weighted by atomic mass is 35.5. The maximum Gasteiger partial charge on any atom is 0.278 e. The molecule has 0 saturated heterocycles. The van der Waals surface area contributed by atoms with E-state index in [-0.39, 0.29) is 11.4 Å². The number of nitrogens with zero attached hydrogens (tertiary/aromatic N) is 3. The summed E-state index contributed by atoms with van der Waals surface area (Å²) in [5.74, 6) is -0.503. The van der Waals surface area contributed by atoms with Crippen molar-refractivity contribution in [1.82, 2.24) is 15.0 Å². The average Bonchev–Trinajstić information content (AvgIpc) is 2.97. The smallest absolute Gasteiger partial charge is 0.278 e. The number of anilines is 1. The van der Waals surface area contributed by atoms with Crippen molar-refractivity contribution in [3.63, 3.8) is 0 Å². The summed E-state index contributed by atoms with van der Waals surface area (Å²) >= 11 is 5.96. The molecule has 0 fully saturated rings. The van der Waals surface area contributed by atoms with Crippen molar-refractivity contribution in [2.24, 2.45) is 0 Å². The minimum Gasteiger partial charge on any atom is -0.495 e. The molecule has 0 spiro atoms. The van der Waals surface area contributed by atoms with E-state index in [0.717, 1.165) is 0 Å². The van der Waals surface area contributed by atoms with Gasteiger partial charge >= 0.3 is 0 Å². The van der Waals surface area contributed by atoms with Gasteiger partial charge in [-0.3, -0.25) is 4.79 Å². The number of para-hydroxylation sites is 1. The quantitative estimate of drug-likeness (QED) is 0.771. The molecule has 1 heterocycles. The first-order valence-electron chi connectivity index (χ1n) is 7.33. The van der Waals surface area contributed by atoms with E-state index in [0.29, 0.717) is 22.2 Å². The van der Waals surface area contributed by atoms with Crippen molar-refractivity contribution < 1.29 is 13.9 Å². The maximum absolute atomic E-state index is 13.9. The van der Waals surface area contributed by atoms with Gasteiger partial charge in [-0.2, -0.15) is 0 Å². The molecule has 128 valence electrons. The van der Waals surface area contributed by atoms with Gasteiger partial charge < -0.3 is 10.1 Å². The number of amides is 1. The van der Waals surface area contributed by atoms with Crippen LogP contribution in [0.15, 0.2) is 42.5 Å². The number of carbonyl (C=O) groups is 1. The number of rotatable bonds is 4. The second-order valence-corrected chi connectivity index (χ2v) is 5.62. The van der Waals surface area contributed by atoms with E-state index < -0.39 is 11.7 Å². The first-order chi connectivity index (χ1) is 12.0. The molecule has 0 aliphatic heterocycles. The van der Waals surface area contributed by atoms with Crippen LogP contribution in [0.4, 0.5) is 10.1 Å². The lowest BCUT2D eigenvalue weighted by molar-refractivity contribution is 0.102. The Kier molecular flexibility index (Phi) is 4.67. The van der Waals surface area contributed by atoms with E-state index in [1.165, 1.54) is 17.9 Å². The SMILES string of the molecule is COc1ccc(Cl)cc1NC(=O)c1nnn(-c2ccccc2F)c1C. The minimum absolute atomic E-state index is 0.0743. The molecule has 0 saturated carbocycles. The summed E-state index contributed by atoms with van der Waals surface area (Å²) in [5, 5.41) is 10.9. The third-order valence-corrected chi connectivity index (χ3v) is 3.84. The van der Waals surface area contributed by atoms with Crippen molar-refractivity contribution in [1.29, 1.82) is 0 Å². The van der Waals surface area contributed by atoms with Crippen LogP contribution in [0.5, 0.6) is 5.75 Å². The van der Waals surface area contributed by atoms with Crippen molar-refractivity contribution in [2.75, 3.05) is 12.4 Å². The first-order valence-corrected chi connectivity index (χ1v) is 7.71. The summed E-state index contributed by atoms with van der Waals surface area (Å²) in [6.45, 7) is 1.64. The van der Waals surface area contributed by atoms with Crippen LogP contribution in [-0.4, -0.2) is 28.0 Å². The van der Waals surface area contributed by atoms with Gasteiger partial charge in [0.2, 0.25) is 0 Å². The second kappa shape index (κ2) is 6.90. The van der Waals surface area contributed by atoms with Gasteiger partial charge in [-0.15, -0.1) is 5.10 Å². The molecular formula is C17H14ClFN4O2. The summed E-state index contributed by atoms with van der Waals surface area (Å²) in [5.41, 5.74) is 1.10. The van der Waals surface area contributed by atoms with Crippen LogP contribution < -0.4 is 10.1 Å². The van der Waals surface area contributed by atoms with Crippen LogP contribution in [-0.2, 0) is 0 Å². The van der Waals surface area contributed by atoms with Crippen LogP contribution in [0.3, 0.4) is 0 Å². The molecule has 8 heteroatoms. The molecule has 0 atom stereocenters. The van der Waals surface area contributed by atoms with Crippen molar-refractivity contribution in [3.05, 3.63) is 64.7 Å². The molecular weight excluding hydrogens is 347 g/mol. The van der Waals surface area contributed by atoms with Gasteiger partial charge in [-0.1, -0.05) is 28.9 Å². The molecule has 3 rings (SSSR count). The number of methoxy groups -OCH3 is 1. The Morgan fingerprint density at radius 2 is 2.04 bits per heavy atom. The van der Waals surface area contributed by atoms with E-state index in [1.807, 2.05) is 0 Å². The molecule has 0 radical (unpaired) electrons. The molecule has 25 heavy (non-hydrogen) atoms. The summed E-state index contributed by atoms with van der Waals surface area (Å²) in [6, 6.07) is 11.0. The number of carbonyl (C=O) groups excluding carboxylic acids is 1. The van der Waals surface area contributed by atoms with Crippen LogP contribution in [0.1, 0.15) is 16.2 Å². The molecule has 0 unspecified atom stereocenters. The Hall–Kier alpha value is -2.93. The predicted octanol–water partition coefficient (Wildman–Crippen LogP) is 3.63. The van der Waals surface area contributed by atoms with Gasteiger partial charge in [0.1, 0.15) is 17.3 Å². The van der Waals surface area contributed by atoms with E-state index in [1.54, 1.807) is 43.3 Å². The third-order valence-electron chi connectivity index (χ3n) is 3.60. The monoisotopic (exact) mass is 360 g/mol. The Morgan fingerprint density at radius 3 is 2.76 bits per heavy atom. The lowest BCUT2D eigenvalue weighted by Gasteiger charge is -2.10. The largest absolute Gasteiger partial charge is 0.495 e. The van der Waals surface area contributed by atoms with Gasteiger partial charge in [0.25, 0.3) is 5.91 Å². The predicted molar refractivity (Wildman–Crippen MR) is 92.0 cm³/mol. The summed E-state index contributed by atoms with van der Waals surface area (Å²) in [4.78, 5) is 12.5. The summed E-state index contributed by atoms with van der Waals surface area (Å²) in [6.07, 6.45) is 0. The molecule has 0 bridgehead atoms. The fourth-order valence-electron chi connectivity index (χ4n) is 2.35. The minimum atomic E-state index is -0.499. The lowest BCUT2D eigenvalue weighted by Crippen LogP contribution is -2.15. The molecule has 0 aliphatic carbocycles. The summed E-state index contributed by atoms with van der Waals surface area (Å²) < 4.78 is 20.4. The number of aromatic nitrogens is 3. The number of nitrogens with one attached hydrogen (secondary N) is 1. The number of hydrogen-bond acceptors (Lipinski definition) is 4. The van der Waals surface area contributed by atoms with Crippen molar-refractivity contribution in [3.8, 4) is 11.4 Å². The van der Waals surface area contributed by atoms with E-state index in [4.69, 9.17) is 16.3 Å². The Morgan fingerprint density at radius 1 is 1.28 bits per heavy atom. The van der Waals surface area contributed by atoms with Crippen LogP contribution >= 0.6 is 11.6 Å².